The van der Waals surface area contributed by atoms with Gasteiger partial charge in [-0.3, -0.25) is 4.99 Å². The molecular formula is C27H24ClN3OS. The van der Waals surface area contributed by atoms with E-state index in [0.717, 1.165) is 41.1 Å². The fourth-order valence-corrected chi connectivity index (χ4v) is 4.80. The molecule has 33 heavy (non-hydrogen) atoms. The molecule has 2 heterocycles. The molecule has 0 saturated carbocycles. The first-order chi connectivity index (χ1) is 16.3. The van der Waals surface area contributed by atoms with Crippen molar-refractivity contribution in [1.29, 1.82) is 0 Å². The van der Waals surface area contributed by atoms with Gasteiger partial charge in [0, 0.05) is 22.6 Å². The first-order valence-electron chi connectivity index (χ1n) is 11.0. The van der Waals surface area contributed by atoms with Gasteiger partial charge in [0.05, 0.1) is 24.6 Å². The van der Waals surface area contributed by atoms with Gasteiger partial charge in [0.2, 0.25) is 4.80 Å². The average Bonchev–Trinajstić information content (AvgIpc) is 3.53. The summed E-state index contributed by atoms with van der Waals surface area (Å²) in [6, 6.07) is 26.6. The molecule has 0 bridgehead atoms. The van der Waals surface area contributed by atoms with Crippen molar-refractivity contribution in [2.45, 2.75) is 18.9 Å². The number of hydrogen-bond donors (Lipinski definition) is 0. The van der Waals surface area contributed by atoms with Crippen LogP contribution in [0.1, 0.15) is 18.4 Å². The fourth-order valence-electron chi connectivity index (χ4n) is 3.82. The Morgan fingerprint density at radius 3 is 2.39 bits per heavy atom. The molecule has 0 aliphatic carbocycles. The first-order valence-corrected chi connectivity index (χ1v) is 12.3. The van der Waals surface area contributed by atoms with Crippen LogP contribution in [0.15, 0.2) is 94.3 Å². The van der Waals surface area contributed by atoms with Gasteiger partial charge < -0.3 is 4.74 Å². The van der Waals surface area contributed by atoms with Crippen molar-refractivity contribution in [2.24, 2.45) is 10.1 Å². The van der Waals surface area contributed by atoms with Crippen LogP contribution in [0.2, 0.25) is 5.02 Å². The number of thiazole rings is 1. The lowest BCUT2D eigenvalue weighted by Crippen LogP contribution is -2.17. The first kappa shape index (κ1) is 21.8. The van der Waals surface area contributed by atoms with Crippen LogP contribution in [0.4, 0.5) is 0 Å². The van der Waals surface area contributed by atoms with Gasteiger partial charge >= 0.3 is 0 Å². The molecule has 0 radical (unpaired) electrons. The van der Waals surface area contributed by atoms with Crippen molar-refractivity contribution in [1.82, 2.24) is 4.68 Å². The summed E-state index contributed by atoms with van der Waals surface area (Å²) in [5.74, 6) is 0. The number of aromatic nitrogens is 1. The second-order valence-electron chi connectivity index (χ2n) is 7.93. The maximum Gasteiger partial charge on any atom is 0.206 e. The maximum absolute atomic E-state index is 6.10. The van der Waals surface area contributed by atoms with E-state index in [0.29, 0.717) is 11.6 Å². The van der Waals surface area contributed by atoms with E-state index in [-0.39, 0.29) is 6.10 Å². The van der Waals surface area contributed by atoms with E-state index in [4.69, 9.17) is 26.4 Å². The van der Waals surface area contributed by atoms with Crippen LogP contribution >= 0.6 is 22.9 Å². The second kappa shape index (κ2) is 10.3. The minimum Gasteiger partial charge on any atom is -0.376 e. The highest BCUT2D eigenvalue weighted by molar-refractivity contribution is 7.07. The third-order valence-electron chi connectivity index (χ3n) is 5.62. The van der Waals surface area contributed by atoms with Gasteiger partial charge in [-0.1, -0.05) is 78.3 Å². The van der Waals surface area contributed by atoms with E-state index < -0.39 is 0 Å². The zero-order chi connectivity index (χ0) is 22.5. The molecule has 166 valence electrons. The standard InChI is InChI=1S/C27H24ClN3OS/c28-24-14-12-23(13-15-24)26-19-33-27(29-18-25-7-4-16-32-25)31(26)30-17-20-8-10-22(11-9-20)21-5-2-1-3-6-21/h1-3,5-6,8-15,17,19,25H,4,7,16,18H2. The lowest BCUT2D eigenvalue weighted by Gasteiger charge is -2.06. The van der Waals surface area contributed by atoms with Crippen LogP contribution in [0.5, 0.6) is 0 Å². The monoisotopic (exact) mass is 473 g/mol. The van der Waals surface area contributed by atoms with Gasteiger partial charge in [0.1, 0.15) is 0 Å². The van der Waals surface area contributed by atoms with Crippen LogP contribution in [0, 0.1) is 0 Å². The van der Waals surface area contributed by atoms with Crippen molar-refractivity contribution >= 4 is 29.2 Å². The van der Waals surface area contributed by atoms with Crippen molar-refractivity contribution in [3.05, 3.63) is 99.6 Å². The minimum atomic E-state index is 0.203. The Kier molecular flexibility index (Phi) is 6.81. The Morgan fingerprint density at radius 2 is 1.67 bits per heavy atom. The Labute approximate surface area is 202 Å². The predicted molar refractivity (Wildman–Crippen MR) is 137 cm³/mol. The molecular weight excluding hydrogens is 450 g/mol. The van der Waals surface area contributed by atoms with Crippen LogP contribution in [0.3, 0.4) is 0 Å². The number of ether oxygens (including phenoxy) is 1. The molecule has 0 N–H and O–H groups in total. The van der Waals surface area contributed by atoms with Crippen molar-refractivity contribution < 1.29 is 4.74 Å². The van der Waals surface area contributed by atoms with Gasteiger partial charge in [-0.05, 0) is 41.7 Å². The molecule has 1 aromatic heterocycles. The molecule has 3 aromatic carbocycles. The van der Waals surface area contributed by atoms with E-state index in [9.17, 15) is 0 Å². The van der Waals surface area contributed by atoms with Crippen molar-refractivity contribution in [3.63, 3.8) is 0 Å². The number of benzene rings is 3. The highest BCUT2D eigenvalue weighted by Gasteiger charge is 2.15. The molecule has 1 aliphatic heterocycles. The van der Waals surface area contributed by atoms with E-state index in [1.54, 1.807) is 11.3 Å². The summed E-state index contributed by atoms with van der Waals surface area (Å²) < 4.78 is 7.66. The number of halogens is 1. The van der Waals surface area contributed by atoms with Crippen molar-refractivity contribution in [2.75, 3.05) is 13.2 Å². The molecule has 4 nitrogen and oxygen atoms in total. The summed E-state index contributed by atoms with van der Waals surface area (Å²) in [6.07, 6.45) is 4.26. The summed E-state index contributed by atoms with van der Waals surface area (Å²) in [7, 11) is 0. The smallest absolute Gasteiger partial charge is 0.206 e. The molecule has 1 saturated heterocycles. The quantitative estimate of drug-likeness (QED) is 0.294. The molecule has 1 atom stereocenters. The fraction of sp³-hybridized carbons (Fsp3) is 0.185. The van der Waals surface area contributed by atoms with Crippen molar-refractivity contribution in [3.8, 4) is 22.4 Å². The van der Waals surface area contributed by atoms with E-state index in [2.05, 4.69) is 53.9 Å². The third-order valence-corrected chi connectivity index (χ3v) is 6.73. The zero-order valence-corrected chi connectivity index (χ0v) is 19.7. The number of hydrogen-bond acceptors (Lipinski definition) is 4. The minimum absolute atomic E-state index is 0.203. The maximum atomic E-state index is 6.10. The van der Waals surface area contributed by atoms with Crippen LogP contribution in [0.25, 0.3) is 22.4 Å². The Morgan fingerprint density at radius 1 is 0.939 bits per heavy atom. The molecule has 1 fully saturated rings. The van der Waals surface area contributed by atoms with Gasteiger partial charge in [0.25, 0.3) is 0 Å². The largest absolute Gasteiger partial charge is 0.376 e. The normalized spacial score (nSPS) is 16.6. The molecule has 1 unspecified atom stereocenters. The molecule has 0 amide bonds. The average molecular weight is 474 g/mol. The van der Waals surface area contributed by atoms with Gasteiger partial charge in [-0.25, -0.2) is 4.68 Å². The van der Waals surface area contributed by atoms with Crippen LogP contribution in [-0.2, 0) is 4.74 Å². The second-order valence-corrected chi connectivity index (χ2v) is 9.20. The van der Waals surface area contributed by atoms with E-state index in [1.807, 2.05) is 41.2 Å². The molecule has 4 aromatic rings. The lowest BCUT2D eigenvalue weighted by atomic mass is 10.0. The summed E-state index contributed by atoms with van der Waals surface area (Å²) in [4.78, 5) is 5.69. The highest BCUT2D eigenvalue weighted by Crippen LogP contribution is 2.23. The predicted octanol–water partition coefficient (Wildman–Crippen LogP) is 6.50. The SMILES string of the molecule is Clc1ccc(-c2csc(=NCC3CCCO3)n2N=Cc2ccc(-c3ccccc3)cc2)cc1. The van der Waals surface area contributed by atoms with E-state index >= 15 is 0 Å². The van der Waals surface area contributed by atoms with Gasteiger partial charge in [-0.15, -0.1) is 11.3 Å². The molecule has 6 heteroatoms. The summed E-state index contributed by atoms with van der Waals surface area (Å²) >= 11 is 7.69. The van der Waals surface area contributed by atoms with Gasteiger partial charge in [-0.2, -0.15) is 5.10 Å². The lowest BCUT2D eigenvalue weighted by molar-refractivity contribution is 0.117. The summed E-state index contributed by atoms with van der Waals surface area (Å²) in [6.45, 7) is 1.49. The Balaban J connectivity index is 1.45. The van der Waals surface area contributed by atoms with E-state index in [1.165, 1.54) is 11.1 Å². The summed E-state index contributed by atoms with van der Waals surface area (Å²) in [5, 5.41) is 7.62. The Hall–Kier alpha value is -2.99. The highest BCUT2D eigenvalue weighted by atomic mass is 35.5. The third kappa shape index (κ3) is 5.33. The zero-order valence-electron chi connectivity index (χ0n) is 18.1. The van der Waals surface area contributed by atoms with Crippen LogP contribution < -0.4 is 4.80 Å². The molecule has 1 aliphatic rings. The van der Waals surface area contributed by atoms with Crippen LogP contribution in [-0.4, -0.2) is 30.1 Å². The number of nitrogens with zero attached hydrogens (tertiary/aromatic N) is 3. The van der Waals surface area contributed by atoms with Gasteiger partial charge in [0.15, 0.2) is 0 Å². The molecule has 0 spiro atoms. The number of rotatable bonds is 6. The summed E-state index contributed by atoms with van der Waals surface area (Å²) in [5.41, 5.74) is 5.45. The Bertz CT molecular complexity index is 1290. The molecule has 5 rings (SSSR count). The topological polar surface area (TPSA) is 38.9 Å².